The van der Waals surface area contributed by atoms with Crippen molar-refractivity contribution in [2.45, 2.75) is 46.2 Å². The summed E-state index contributed by atoms with van der Waals surface area (Å²) in [7, 11) is 0. The van der Waals surface area contributed by atoms with Crippen molar-refractivity contribution in [2.75, 3.05) is 32.7 Å². The van der Waals surface area contributed by atoms with E-state index in [1.54, 1.807) is 23.5 Å². The summed E-state index contributed by atoms with van der Waals surface area (Å²) in [6.45, 7) is 10.5. The Labute approximate surface area is 193 Å². The maximum absolute atomic E-state index is 14.0. The molecule has 0 aliphatic carbocycles. The summed E-state index contributed by atoms with van der Waals surface area (Å²) >= 11 is 1.73. The Balaban J connectivity index is 1.48. The highest BCUT2D eigenvalue weighted by Crippen LogP contribution is 2.38. The van der Waals surface area contributed by atoms with Gasteiger partial charge in [0.25, 0.3) is 0 Å². The molecule has 2 aliphatic heterocycles. The second-order valence-electron chi connectivity index (χ2n) is 9.91. The van der Waals surface area contributed by atoms with Gasteiger partial charge in [-0.25, -0.2) is 4.39 Å². The van der Waals surface area contributed by atoms with Crippen LogP contribution in [0.25, 0.3) is 0 Å². The third-order valence-electron chi connectivity index (χ3n) is 6.45. The van der Waals surface area contributed by atoms with Crippen LogP contribution in [0.15, 0.2) is 35.7 Å². The zero-order chi connectivity index (χ0) is 23.0. The molecule has 5 nitrogen and oxygen atoms in total. The molecular weight excluding hydrogens is 425 g/mol. The number of piperazine rings is 1. The van der Waals surface area contributed by atoms with Crippen molar-refractivity contribution in [1.29, 1.82) is 0 Å². The Kier molecular flexibility index (Phi) is 6.41. The second kappa shape index (κ2) is 8.94. The molecule has 172 valence electrons. The Morgan fingerprint density at radius 2 is 1.94 bits per heavy atom. The number of fused-ring (bicyclic) bond motifs is 1. The van der Waals surface area contributed by atoms with Crippen molar-refractivity contribution in [1.82, 2.24) is 14.7 Å². The molecule has 1 fully saturated rings. The summed E-state index contributed by atoms with van der Waals surface area (Å²) in [6.07, 6.45) is 0.899. The maximum Gasteiger partial charge on any atom is 0.236 e. The Hall–Kier alpha value is -2.25. The Morgan fingerprint density at radius 1 is 1.16 bits per heavy atom. The van der Waals surface area contributed by atoms with Gasteiger partial charge in [0.2, 0.25) is 11.8 Å². The standard InChI is InChI=1S/C25H32FN3O2S/c1-17-15-27(11-12-29(17)24(31)25(2,3)4)22(30)16-28-10-8-21-20(9-13-32-21)23(28)18-6-5-7-19(26)14-18/h5-7,9,13-14,17,23H,8,10-12,15-16H2,1-4H3/t17-,23+/m1/s1. The largest absolute Gasteiger partial charge is 0.338 e. The van der Waals surface area contributed by atoms with Crippen LogP contribution in [0.2, 0.25) is 0 Å². The van der Waals surface area contributed by atoms with Gasteiger partial charge in [-0.15, -0.1) is 11.3 Å². The van der Waals surface area contributed by atoms with Crippen molar-refractivity contribution in [3.8, 4) is 0 Å². The van der Waals surface area contributed by atoms with Crippen LogP contribution in [0, 0.1) is 11.2 Å². The second-order valence-corrected chi connectivity index (χ2v) is 10.9. The predicted octanol–water partition coefficient (Wildman–Crippen LogP) is 3.94. The highest BCUT2D eigenvalue weighted by molar-refractivity contribution is 7.10. The van der Waals surface area contributed by atoms with Crippen molar-refractivity contribution in [2.24, 2.45) is 5.41 Å². The maximum atomic E-state index is 14.0. The third-order valence-corrected chi connectivity index (χ3v) is 7.45. The van der Waals surface area contributed by atoms with Crippen LogP contribution in [-0.4, -0.2) is 65.3 Å². The van der Waals surface area contributed by atoms with Crippen LogP contribution in [0.4, 0.5) is 4.39 Å². The number of thiophene rings is 1. The highest BCUT2D eigenvalue weighted by atomic mass is 32.1. The summed E-state index contributed by atoms with van der Waals surface area (Å²) in [6, 6.07) is 8.68. The number of carbonyl (C=O) groups excluding carboxylic acids is 2. The summed E-state index contributed by atoms with van der Waals surface area (Å²) in [5.74, 6) is -0.0614. The van der Waals surface area contributed by atoms with Crippen LogP contribution in [0.1, 0.15) is 49.7 Å². The average Bonchev–Trinajstić information content (AvgIpc) is 3.21. The van der Waals surface area contributed by atoms with E-state index in [2.05, 4.69) is 16.3 Å². The summed E-state index contributed by atoms with van der Waals surface area (Å²) in [5, 5.41) is 2.08. The zero-order valence-corrected chi connectivity index (χ0v) is 20.1. The minimum absolute atomic E-state index is 0.0109. The van der Waals surface area contributed by atoms with Gasteiger partial charge >= 0.3 is 0 Å². The molecule has 1 aromatic carbocycles. The lowest BCUT2D eigenvalue weighted by Gasteiger charge is -2.43. The molecule has 0 unspecified atom stereocenters. The van der Waals surface area contributed by atoms with Crippen molar-refractivity contribution in [3.05, 3.63) is 57.5 Å². The lowest BCUT2D eigenvalue weighted by atomic mass is 9.93. The van der Waals surface area contributed by atoms with E-state index in [4.69, 9.17) is 0 Å². The Bertz CT molecular complexity index is 999. The number of hydrogen-bond donors (Lipinski definition) is 0. The predicted molar refractivity (Wildman–Crippen MR) is 125 cm³/mol. The number of halogens is 1. The monoisotopic (exact) mass is 457 g/mol. The van der Waals surface area contributed by atoms with E-state index in [9.17, 15) is 14.0 Å². The molecule has 0 radical (unpaired) electrons. The zero-order valence-electron chi connectivity index (χ0n) is 19.3. The summed E-state index contributed by atoms with van der Waals surface area (Å²) in [5.41, 5.74) is 1.63. The van der Waals surface area contributed by atoms with Gasteiger partial charge < -0.3 is 9.80 Å². The van der Waals surface area contributed by atoms with Crippen LogP contribution in [0.5, 0.6) is 0 Å². The number of benzene rings is 1. The molecule has 2 aromatic rings. The highest BCUT2D eigenvalue weighted by Gasteiger charge is 2.36. The molecule has 0 bridgehead atoms. The van der Waals surface area contributed by atoms with Gasteiger partial charge in [-0.3, -0.25) is 14.5 Å². The fraction of sp³-hybridized carbons (Fsp3) is 0.520. The fourth-order valence-corrected chi connectivity index (χ4v) is 5.70. The van der Waals surface area contributed by atoms with Gasteiger partial charge in [0.1, 0.15) is 5.82 Å². The van der Waals surface area contributed by atoms with E-state index in [0.29, 0.717) is 19.6 Å². The number of carbonyl (C=O) groups is 2. The molecule has 2 amide bonds. The average molecular weight is 458 g/mol. The van der Waals surface area contributed by atoms with Crippen LogP contribution in [-0.2, 0) is 16.0 Å². The van der Waals surface area contributed by atoms with Crippen LogP contribution >= 0.6 is 11.3 Å². The molecule has 4 rings (SSSR count). The molecule has 0 spiro atoms. The van der Waals surface area contributed by atoms with Crippen molar-refractivity contribution in [3.63, 3.8) is 0 Å². The number of rotatable bonds is 3. The topological polar surface area (TPSA) is 43.9 Å². The van der Waals surface area contributed by atoms with Gasteiger partial charge in [-0.2, -0.15) is 0 Å². The minimum atomic E-state index is -0.426. The SMILES string of the molecule is C[C@@H]1CN(C(=O)CN2CCc3sccc3[C@@H]2c2cccc(F)c2)CCN1C(=O)C(C)(C)C. The quantitative estimate of drug-likeness (QED) is 0.701. The number of amides is 2. The first-order chi connectivity index (χ1) is 15.1. The van der Waals surface area contributed by atoms with Crippen LogP contribution in [0.3, 0.4) is 0 Å². The first kappa shape index (κ1) is 22.9. The number of nitrogens with zero attached hydrogens (tertiary/aromatic N) is 3. The third kappa shape index (κ3) is 4.59. The van der Waals surface area contributed by atoms with Gasteiger partial charge in [0.15, 0.2) is 0 Å². The molecule has 1 saturated heterocycles. The van der Waals surface area contributed by atoms with Crippen LogP contribution < -0.4 is 0 Å². The van der Waals surface area contributed by atoms with E-state index in [1.165, 1.54) is 16.5 Å². The minimum Gasteiger partial charge on any atom is -0.338 e. The lowest BCUT2D eigenvalue weighted by Crippen LogP contribution is -2.58. The first-order valence-corrected chi connectivity index (χ1v) is 12.2. The van der Waals surface area contributed by atoms with E-state index in [-0.39, 0.29) is 36.3 Å². The molecule has 7 heteroatoms. The van der Waals surface area contributed by atoms with Gasteiger partial charge in [-0.1, -0.05) is 32.9 Å². The molecule has 2 aliphatic rings. The number of hydrogen-bond acceptors (Lipinski definition) is 4. The van der Waals surface area contributed by atoms with Gasteiger partial charge in [-0.05, 0) is 48.1 Å². The molecule has 3 heterocycles. The molecule has 0 N–H and O–H groups in total. The van der Waals surface area contributed by atoms with Crippen molar-refractivity contribution >= 4 is 23.2 Å². The van der Waals surface area contributed by atoms with Gasteiger partial charge in [0.05, 0.1) is 12.6 Å². The van der Waals surface area contributed by atoms with E-state index < -0.39 is 5.41 Å². The van der Waals surface area contributed by atoms with E-state index in [0.717, 1.165) is 18.5 Å². The molecule has 1 aromatic heterocycles. The van der Waals surface area contributed by atoms with E-state index >= 15 is 0 Å². The first-order valence-electron chi connectivity index (χ1n) is 11.3. The Morgan fingerprint density at radius 3 is 2.62 bits per heavy atom. The molecule has 2 atom stereocenters. The summed E-state index contributed by atoms with van der Waals surface area (Å²) < 4.78 is 14.0. The van der Waals surface area contributed by atoms with Gasteiger partial charge in [0, 0.05) is 42.5 Å². The van der Waals surface area contributed by atoms with Crippen molar-refractivity contribution < 1.29 is 14.0 Å². The molecule has 0 saturated carbocycles. The summed E-state index contributed by atoms with van der Waals surface area (Å²) in [4.78, 5) is 33.3. The molecular formula is C25H32FN3O2S. The van der Waals surface area contributed by atoms with E-state index in [1.807, 2.05) is 43.6 Å². The normalized spacial score (nSPS) is 22.0. The molecule has 32 heavy (non-hydrogen) atoms. The lowest BCUT2D eigenvalue weighted by molar-refractivity contribution is -0.148. The smallest absolute Gasteiger partial charge is 0.236 e. The fourth-order valence-electron chi connectivity index (χ4n) is 4.80.